The van der Waals surface area contributed by atoms with Crippen LogP contribution >= 0.6 is 11.6 Å². The van der Waals surface area contributed by atoms with Crippen molar-refractivity contribution in [1.29, 1.82) is 0 Å². The largest absolute Gasteiger partial charge is 0.490 e. The van der Waals surface area contributed by atoms with Crippen LogP contribution in [0.2, 0.25) is 5.02 Å². The minimum atomic E-state index is -1.79. The quantitative estimate of drug-likeness (QED) is 0.310. The zero-order valence-corrected chi connectivity index (χ0v) is 26.1. The van der Waals surface area contributed by atoms with Crippen molar-refractivity contribution in [3.8, 4) is 5.75 Å². The second-order valence-corrected chi connectivity index (χ2v) is 14.5. The fourth-order valence-corrected chi connectivity index (χ4v) is 8.52. The molecule has 2 aromatic carbocycles. The summed E-state index contributed by atoms with van der Waals surface area (Å²) in [5.41, 5.74) is 2.39. The van der Waals surface area contributed by atoms with E-state index in [1.165, 1.54) is 11.1 Å². The Morgan fingerprint density at radius 2 is 2.05 bits per heavy atom. The van der Waals surface area contributed by atoms with Gasteiger partial charge in [-0.2, -0.15) is 10.6 Å². The van der Waals surface area contributed by atoms with Crippen molar-refractivity contribution in [3.05, 3.63) is 70.3 Å². The van der Waals surface area contributed by atoms with Gasteiger partial charge in [-0.15, -0.1) is 0 Å². The van der Waals surface area contributed by atoms with Crippen molar-refractivity contribution in [2.24, 2.45) is 22.1 Å². The summed E-state index contributed by atoms with van der Waals surface area (Å²) >= 11 is 6.40. The number of aryl methyl sites for hydroxylation is 1. The van der Waals surface area contributed by atoms with Gasteiger partial charge in [0.15, 0.2) is 0 Å². The van der Waals surface area contributed by atoms with Gasteiger partial charge in [-0.25, -0.2) is 0 Å². The zero-order valence-electron chi connectivity index (χ0n) is 24.6. The normalized spacial score (nSPS) is 34.3. The van der Waals surface area contributed by atoms with E-state index in [0.29, 0.717) is 24.0 Å². The molecule has 2 heterocycles. The Hall–Kier alpha value is -2.39. The topological polar surface area (TPSA) is 88.4 Å². The summed E-state index contributed by atoms with van der Waals surface area (Å²) in [6.45, 7) is 5.60. The molecule has 1 spiro atoms. The Balaban J connectivity index is 1.44. The Morgan fingerprint density at radius 3 is 2.81 bits per heavy atom. The molecule has 9 heteroatoms. The third-order valence-corrected chi connectivity index (χ3v) is 11.5. The molecular weight excluding hydrogens is 572 g/mol. The Labute approximate surface area is 255 Å². The van der Waals surface area contributed by atoms with Gasteiger partial charge < -0.3 is 28.1 Å². The summed E-state index contributed by atoms with van der Waals surface area (Å²) in [6, 6.07) is 11.7. The number of benzene rings is 2. The number of nitrogens with zero attached hydrogens (tertiary/aromatic N) is 2. The van der Waals surface area contributed by atoms with Crippen LogP contribution in [0, 0.1) is 17.8 Å². The Kier molecular flexibility index (Phi) is 8.20. The third kappa shape index (κ3) is 5.63. The van der Waals surface area contributed by atoms with Crippen LogP contribution in [-0.2, 0) is 31.4 Å². The lowest BCUT2D eigenvalue weighted by Gasteiger charge is -2.46. The summed E-state index contributed by atoms with van der Waals surface area (Å²) in [7, 11) is -0.0646. The number of carbonyl (C=O) groups excluding carboxylic acids is 1. The van der Waals surface area contributed by atoms with E-state index in [9.17, 15) is 14.1 Å². The molecule has 6 atom stereocenters. The van der Waals surface area contributed by atoms with E-state index in [4.69, 9.17) is 21.1 Å². The number of ether oxygens (including phenoxy) is 2. The minimum absolute atomic E-state index is 0.0684. The van der Waals surface area contributed by atoms with Crippen LogP contribution < -0.4 is 9.64 Å². The van der Waals surface area contributed by atoms with Gasteiger partial charge in [0, 0.05) is 36.2 Å². The van der Waals surface area contributed by atoms with Crippen molar-refractivity contribution in [1.82, 2.24) is 0 Å². The molecule has 2 aliphatic carbocycles. The van der Waals surface area contributed by atoms with Gasteiger partial charge in [-0.05, 0) is 98.2 Å². The molecule has 0 aromatic heterocycles. The van der Waals surface area contributed by atoms with Crippen molar-refractivity contribution in [2.75, 3.05) is 37.5 Å². The number of rotatable bonds is 1. The molecule has 4 aliphatic rings. The summed E-state index contributed by atoms with van der Waals surface area (Å²) in [5.74, 6) is 0.564. The predicted molar refractivity (Wildman–Crippen MR) is 166 cm³/mol. The summed E-state index contributed by atoms with van der Waals surface area (Å²) in [6.07, 6.45) is 8.74. The molecule has 0 saturated heterocycles. The molecule has 6 rings (SSSR count). The fourth-order valence-electron chi connectivity index (χ4n) is 7.20. The summed E-state index contributed by atoms with van der Waals surface area (Å²) < 4.78 is 29.5. The first kappa shape index (κ1) is 29.7. The number of fused-ring (bicyclic) bond motifs is 4. The van der Waals surface area contributed by atoms with E-state index in [2.05, 4.69) is 21.4 Å². The van der Waals surface area contributed by atoms with E-state index >= 15 is 0 Å². The van der Waals surface area contributed by atoms with Crippen molar-refractivity contribution in [2.45, 2.75) is 63.1 Å². The highest BCUT2D eigenvalue weighted by Gasteiger charge is 2.44. The van der Waals surface area contributed by atoms with Gasteiger partial charge in [0.05, 0.1) is 24.0 Å². The monoisotopic (exact) mass is 611 g/mol. The first-order valence-corrected chi connectivity index (χ1v) is 16.6. The predicted octanol–water partition coefficient (Wildman–Crippen LogP) is 6.10. The molecule has 1 amide bonds. The number of anilines is 1. The fraction of sp³-hybridized carbons (Fsp3) is 0.545. The molecule has 2 aromatic rings. The number of hydrogen-bond donors (Lipinski definition) is 1. The molecule has 2 bridgehead atoms. The standard InChI is InChI=1S/C33H40ClN2O5S/c1-21-18-42(39)35-31(37)23-7-11-30-28(16-23)36(17-24-6-9-26(24)29(40-3)12-14-32(21,2)38)19-33(20-41-30)13-4-5-22-15-25(34)8-10-27(22)33/h7-8,10-12,14-16,21,24,26,29,38H,4-6,9,13,17-20H2,1-3H3/q-1/b14-12+/t21-,24+,26-,29+,32+,33+/m1/s1. The maximum atomic E-state index is 13.2. The number of carbonyl (C=O) groups is 1. The van der Waals surface area contributed by atoms with Gasteiger partial charge in [-0.3, -0.25) is 4.79 Å². The Morgan fingerprint density at radius 1 is 1.21 bits per heavy atom. The van der Waals surface area contributed by atoms with Crippen molar-refractivity contribution < 1.29 is 23.6 Å². The second-order valence-electron chi connectivity index (χ2n) is 12.9. The van der Waals surface area contributed by atoms with Crippen molar-refractivity contribution >= 4 is 33.8 Å². The second kappa shape index (κ2) is 11.6. The lowest BCUT2D eigenvalue weighted by molar-refractivity contribution is 0.0102. The lowest BCUT2D eigenvalue weighted by atomic mass is 9.68. The van der Waals surface area contributed by atoms with E-state index < -0.39 is 22.1 Å². The van der Waals surface area contributed by atoms with Crippen LogP contribution in [0.5, 0.6) is 5.75 Å². The van der Waals surface area contributed by atoms with Gasteiger partial charge in [0.1, 0.15) is 5.75 Å². The van der Waals surface area contributed by atoms with Crippen LogP contribution in [0.4, 0.5) is 5.69 Å². The van der Waals surface area contributed by atoms with Crippen molar-refractivity contribution in [3.63, 3.8) is 0 Å². The average Bonchev–Trinajstić information content (AvgIpc) is 3.09. The summed E-state index contributed by atoms with van der Waals surface area (Å²) in [5, 5.41) is 11.9. The first-order chi connectivity index (χ1) is 20.1. The maximum Gasteiger partial charge on any atom is 0.254 e. The first-order valence-electron chi connectivity index (χ1n) is 15.0. The smallest absolute Gasteiger partial charge is 0.254 e. The summed E-state index contributed by atoms with van der Waals surface area (Å²) in [4.78, 5) is 15.6. The number of hydrogen-bond acceptors (Lipinski definition) is 7. The SMILES string of the molecule is CO[C@H]1/C=C/[C@](C)(O)[C@H](C)C[S-](=O)=NC(=O)c2ccc3c(c2)N(C[C@@H]2CC[C@H]21)C[C@@]1(CCCc2cc(Cl)ccc21)CO3. The number of halogens is 1. The highest BCUT2D eigenvalue weighted by atomic mass is 35.5. The van der Waals surface area contributed by atoms with Gasteiger partial charge in [-0.1, -0.05) is 42.5 Å². The molecule has 2 aliphatic heterocycles. The van der Waals surface area contributed by atoms with Gasteiger partial charge >= 0.3 is 0 Å². The third-order valence-electron chi connectivity index (χ3n) is 10.1. The number of methoxy groups -OCH3 is 1. The average molecular weight is 612 g/mol. The van der Waals surface area contributed by atoms with Crippen LogP contribution in [0.25, 0.3) is 0 Å². The van der Waals surface area contributed by atoms with E-state index in [1.807, 2.05) is 31.2 Å². The van der Waals surface area contributed by atoms with Crippen LogP contribution in [0.15, 0.2) is 52.9 Å². The molecule has 0 unspecified atom stereocenters. The maximum absolute atomic E-state index is 13.2. The lowest BCUT2D eigenvalue weighted by Crippen LogP contribution is -2.49. The van der Waals surface area contributed by atoms with E-state index in [-0.39, 0.29) is 23.2 Å². The zero-order chi connectivity index (χ0) is 29.6. The highest BCUT2D eigenvalue weighted by Crippen LogP contribution is 2.47. The molecule has 42 heavy (non-hydrogen) atoms. The molecular formula is C33H40ClN2O5S-. The minimum Gasteiger partial charge on any atom is -0.490 e. The number of aliphatic hydroxyl groups is 1. The highest BCUT2D eigenvalue weighted by molar-refractivity contribution is 7.75. The molecule has 0 radical (unpaired) electrons. The van der Waals surface area contributed by atoms with Crippen LogP contribution in [-0.4, -0.2) is 55.3 Å². The Bertz CT molecular complexity index is 1480. The van der Waals surface area contributed by atoms with E-state index in [1.54, 1.807) is 26.2 Å². The number of amides is 1. The molecule has 1 saturated carbocycles. The van der Waals surface area contributed by atoms with E-state index in [0.717, 1.165) is 61.7 Å². The van der Waals surface area contributed by atoms with Crippen LogP contribution in [0.3, 0.4) is 0 Å². The molecule has 226 valence electrons. The molecule has 1 N–H and O–H groups in total. The molecule has 7 nitrogen and oxygen atoms in total. The molecule has 1 fully saturated rings. The van der Waals surface area contributed by atoms with Gasteiger partial charge in [0.2, 0.25) is 0 Å². The van der Waals surface area contributed by atoms with Crippen LogP contribution in [0.1, 0.15) is 61.0 Å². The van der Waals surface area contributed by atoms with Gasteiger partial charge in [0.25, 0.3) is 5.91 Å².